The third-order valence-corrected chi connectivity index (χ3v) is 3.83. The predicted octanol–water partition coefficient (Wildman–Crippen LogP) is 4.02. The maximum Gasteiger partial charge on any atom is 0.271 e. The number of aryl methyl sites for hydroxylation is 1. The van der Waals surface area contributed by atoms with Gasteiger partial charge >= 0.3 is 0 Å². The van der Waals surface area contributed by atoms with Crippen LogP contribution in [-0.4, -0.2) is 17.1 Å². The van der Waals surface area contributed by atoms with Gasteiger partial charge in [-0.15, -0.1) is 0 Å². The average Bonchev–Trinajstić information content (AvgIpc) is 2.50. The van der Waals surface area contributed by atoms with Gasteiger partial charge in [0.1, 0.15) is 0 Å². The van der Waals surface area contributed by atoms with E-state index in [4.69, 9.17) is 0 Å². The summed E-state index contributed by atoms with van der Waals surface area (Å²) < 4.78 is 0. The molecule has 2 aromatic carbocycles. The van der Waals surface area contributed by atoms with E-state index in [-0.39, 0.29) is 11.6 Å². The van der Waals surface area contributed by atoms with Gasteiger partial charge in [0.2, 0.25) is 0 Å². The van der Waals surface area contributed by atoms with Crippen molar-refractivity contribution in [1.29, 1.82) is 0 Å². The van der Waals surface area contributed by atoms with E-state index in [0.717, 1.165) is 16.9 Å². The summed E-state index contributed by atoms with van der Waals surface area (Å²) in [6.45, 7) is 1.79. The van der Waals surface area contributed by atoms with Crippen LogP contribution < -0.4 is 5.32 Å². The maximum atomic E-state index is 12.2. The lowest BCUT2D eigenvalue weighted by molar-refractivity contribution is -0.384. The van der Waals surface area contributed by atoms with Crippen molar-refractivity contribution in [2.24, 2.45) is 0 Å². The van der Waals surface area contributed by atoms with Gasteiger partial charge in [-0.1, -0.05) is 18.2 Å². The van der Waals surface area contributed by atoms with Gasteiger partial charge in [-0.25, -0.2) is 0 Å². The molecule has 5 nitrogen and oxygen atoms in total. The molecular weight excluding hydrogens is 300 g/mol. The highest BCUT2D eigenvalue weighted by Crippen LogP contribution is 2.22. The molecule has 0 bridgehead atoms. The normalized spacial score (nSPS) is 10.3. The van der Waals surface area contributed by atoms with Crippen LogP contribution in [0.5, 0.6) is 0 Å². The number of nitro groups is 1. The number of nitrogens with zero attached hydrogens (tertiary/aromatic N) is 1. The standard InChI is InChI=1S/C16H16N2O3S/c1-11-3-8-14(18(20)21)9-15(11)17-16(19)13-6-4-12(5-7-13)10-22-2/h3-9H,10H2,1-2H3,(H,17,19). The molecule has 2 aromatic rings. The number of hydrogen-bond acceptors (Lipinski definition) is 4. The van der Waals surface area contributed by atoms with Crippen molar-refractivity contribution in [3.8, 4) is 0 Å². The number of anilines is 1. The fraction of sp³-hybridized carbons (Fsp3) is 0.188. The number of hydrogen-bond donors (Lipinski definition) is 1. The van der Waals surface area contributed by atoms with Crippen LogP contribution >= 0.6 is 11.8 Å². The van der Waals surface area contributed by atoms with Crippen LogP contribution in [0, 0.1) is 17.0 Å². The average molecular weight is 316 g/mol. The summed E-state index contributed by atoms with van der Waals surface area (Å²) in [5.41, 5.74) is 2.85. The van der Waals surface area contributed by atoms with E-state index < -0.39 is 4.92 Å². The molecule has 0 radical (unpaired) electrons. The van der Waals surface area contributed by atoms with Crippen LogP contribution in [0.25, 0.3) is 0 Å². The van der Waals surface area contributed by atoms with E-state index in [2.05, 4.69) is 5.32 Å². The smallest absolute Gasteiger partial charge is 0.271 e. The molecule has 0 aliphatic heterocycles. The fourth-order valence-electron chi connectivity index (χ4n) is 1.97. The first-order valence-electron chi connectivity index (χ1n) is 6.65. The van der Waals surface area contributed by atoms with Gasteiger partial charge in [0.25, 0.3) is 11.6 Å². The Morgan fingerprint density at radius 2 is 1.91 bits per heavy atom. The number of carbonyl (C=O) groups excluding carboxylic acids is 1. The number of carbonyl (C=O) groups is 1. The zero-order chi connectivity index (χ0) is 16.1. The molecule has 114 valence electrons. The van der Waals surface area contributed by atoms with E-state index in [1.165, 1.54) is 12.1 Å². The second-order valence-corrected chi connectivity index (χ2v) is 5.71. The summed E-state index contributed by atoms with van der Waals surface area (Å²) in [6.07, 6.45) is 2.02. The molecule has 1 N–H and O–H groups in total. The number of amides is 1. The Labute approximate surface area is 132 Å². The Morgan fingerprint density at radius 1 is 1.23 bits per heavy atom. The van der Waals surface area contributed by atoms with Crippen molar-refractivity contribution in [2.45, 2.75) is 12.7 Å². The zero-order valence-electron chi connectivity index (χ0n) is 12.3. The van der Waals surface area contributed by atoms with E-state index in [1.54, 1.807) is 36.9 Å². The Bertz CT molecular complexity index is 699. The van der Waals surface area contributed by atoms with Gasteiger partial charge in [-0.2, -0.15) is 11.8 Å². The van der Waals surface area contributed by atoms with Crippen LogP contribution in [0.3, 0.4) is 0 Å². The molecular formula is C16H16N2O3S. The van der Waals surface area contributed by atoms with E-state index in [1.807, 2.05) is 18.4 Å². The van der Waals surface area contributed by atoms with Gasteiger partial charge in [0.15, 0.2) is 0 Å². The second-order valence-electron chi connectivity index (χ2n) is 4.84. The summed E-state index contributed by atoms with van der Waals surface area (Å²) >= 11 is 1.71. The lowest BCUT2D eigenvalue weighted by atomic mass is 10.1. The van der Waals surface area contributed by atoms with Crippen LogP contribution in [0.4, 0.5) is 11.4 Å². The minimum Gasteiger partial charge on any atom is -0.321 e. The number of nitrogens with one attached hydrogen (secondary N) is 1. The topological polar surface area (TPSA) is 72.2 Å². The summed E-state index contributed by atoms with van der Waals surface area (Å²) in [6, 6.07) is 11.7. The molecule has 0 saturated heterocycles. The highest BCUT2D eigenvalue weighted by molar-refractivity contribution is 7.97. The molecule has 0 unspecified atom stereocenters. The molecule has 0 heterocycles. The van der Waals surface area contributed by atoms with Gasteiger partial charge in [-0.3, -0.25) is 14.9 Å². The Balaban J connectivity index is 2.17. The van der Waals surface area contributed by atoms with Crippen molar-refractivity contribution >= 4 is 29.0 Å². The molecule has 0 aliphatic carbocycles. The largest absolute Gasteiger partial charge is 0.321 e. The molecule has 2 rings (SSSR count). The van der Waals surface area contributed by atoms with Crippen molar-refractivity contribution in [2.75, 3.05) is 11.6 Å². The van der Waals surface area contributed by atoms with Crippen molar-refractivity contribution < 1.29 is 9.72 Å². The lowest BCUT2D eigenvalue weighted by Gasteiger charge is -2.08. The third kappa shape index (κ3) is 3.85. The maximum absolute atomic E-state index is 12.2. The van der Waals surface area contributed by atoms with Crippen LogP contribution in [0.2, 0.25) is 0 Å². The number of thioether (sulfide) groups is 1. The number of non-ortho nitro benzene ring substituents is 1. The van der Waals surface area contributed by atoms with Gasteiger partial charge in [0, 0.05) is 23.4 Å². The monoisotopic (exact) mass is 316 g/mol. The first-order chi connectivity index (χ1) is 10.5. The Hall–Kier alpha value is -2.34. The molecule has 0 saturated carbocycles. The summed E-state index contributed by atoms with van der Waals surface area (Å²) in [5.74, 6) is 0.616. The molecule has 6 heteroatoms. The number of nitro benzene ring substituents is 1. The van der Waals surface area contributed by atoms with Crippen molar-refractivity contribution in [1.82, 2.24) is 0 Å². The number of benzene rings is 2. The number of rotatable bonds is 5. The molecule has 0 fully saturated rings. The van der Waals surface area contributed by atoms with Gasteiger partial charge in [0.05, 0.1) is 10.6 Å². The molecule has 0 aliphatic rings. The van der Waals surface area contributed by atoms with Crippen LogP contribution in [0.15, 0.2) is 42.5 Å². The SMILES string of the molecule is CSCc1ccc(C(=O)Nc2cc([N+](=O)[O-])ccc2C)cc1. The molecule has 0 aromatic heterocycles. The third-order valence-electron chi connectivity index (χ3n) is 3.21. The minimum atomic E-state index is -0.480. The van der Waals surface area contributed by atoms with E-state index in [9.17, 15) is 14.9 Å². The minimum absolute atomic E-state index is 0.0452. The van der Waals surface area contributed by atoms with E-state index >= 15 is 0 Å². The molecule has 0 spiro atoms. The Kier molecular flexibility index (Phi) is 5.16. The zero-order valence-corrected chi connectivity index (χ0v) is 13.1. The highest BCUT2D eigenvalue weighted by atomic mass is 32.2. The first kappa shape index (κ1) is 16.0. The Morgan fingerprint density at radius 3 is 2.50 bits per heavy atom. The summed E-state index contributed by atoms with van der Waals surface area (Å²) in [5, 5.41) is 13.5. The first-order valence-corrected chi connectivity index (χ1v) is 8.05. The van der Waals surface area contributed by atoms with Gasteiger partial charge in [-0.05, 0) is 36.4 Å². The van der Waals surface area contributed by atoms with Crippen molar-refractivity contribution in [3.05, 3.63) is 69.3 Å². The predicted molar refractivity (Wildman–Crippen MR) is 89.4 cm³/mol. The molecule has 22 heavy (non-hydrogen) atoms. The quantitative estimate of drug-likeness (QED) is 0.668. The van der Waals surface area contributed by atoms with Gasteiger partial charge < -0.3 is 5.32 Å². The molecule has 0 atom stereocenters. The molecule has 1 amide bonds. The van der Waals surface area contributed by atoms with Crippen molar-refractivity contribution in [3.63, 3.8) is 0 Å². The second kappa shape index (κ2) is 7.09. The van der Waals surface area contributed by atoms with Crippen LogP contribution in [0.1, 0.15) is 21.5 Å². The summed E-state index contributed by atoms with van der Waals surface area (Å²) in [7, 11) is 0. The van der Waals surface area contributed by atoms with Crippen LogP contribution in [-0.2, 0) is 5.75 Å². The highest BCUT2D eigenvalue weighted by Gasteiger charge is 2.12. The summed E-state index contributed by atoms with van der Waals surface area (Å²) in [4.78, 5) is 22.6. The fourth-order valence-corrected chi connectivity index (χ4v) is 2.50. The lowest BCUT2D eigenvalue weighted by Crippen LogP contribution is -2.13. The van der Waals surface area contributed by atoms with E-state index in [0.29, 0.717) is 11.3 Å².